The first-order chi connectivity index (χ1) is 8.97. The van der Waals surface area contributed by atoms with Crippen LogP contribution in [0.2, 0.25) is 0 Å². The minimum Gasteiger partial charge on any atom is -0.383 e. The van der Waals surface area contributed by atoms with E-state index in [2.05, 4.69) is 0 Å². The Hall–Kier alpha value is -1.99. The zero-order valence-corrected chi connectivity index (χ0v) is 10.9. The minimum absolute atomic E-state index is 0.0116. The Kier molecular flexibility index (Phi) is 5.40. The van der Waals surface area contributed by atoms with Gasteiger partial charge in [-0.2, -0.15) is 0 Å². The molecule has 0 bridgehead atoms. The molecule has 7 nitrogen and oxygen atoms in total. The summed E-state index contributed by atoms with van der Waals surface area (Å²) < 4.78 is 4.81. The van der Waals surface area contributed by atoms with Crippen molar-refractivity contribution in [1.82, 2.24) is 4.90 Å². The van der Waals surface area contributed by atoms with Crippen LogP contribution in [-0.2, 0) is 16.1 Å². The highest BCUT2D eigenvalue weighted by Gasteiger charge is 2.21. The third-order valence-corrected chi connectivity index (χ3v) is 2.64. The maximum Gasteiger partial charge on any atom is 0.274 e. The number of carbonyl (C=O) groups excluding carboxylic acids is 1. The first-order valence-electron chi connectivity index (χ1n) is 5.69. The van der Waals surface area contributed by atoms with E-state index in [1.54, 1.807) is 25.2 Å². The second-order valence-electron chi connectivity index (χ2n) is 4.14. The third-order valence-electron chi connectivity index (χ3n) is 2.64. The molecule has 0 spiro atoms. The Morgan fingerprint density at radius 2 is 2.16 bits per heavy atom. The van der Waals surface area contributed by atoms with E-state index in [1.165, 1.54) is 18.1 Å². The van der Waals surface area contributed by atoms with Crippen molar-refractivity contribution in [1.29, 1.82) is 0 Å². The number of likely N-dealkylation sites (N-methyl/N-ethyl adjacent to an activating group) is 1. The number of nitro benzene ring substituents is 1. The molecule has 0 aliphatic heterocycles. The molecule has 1 amide bonds. The lowest BCUT2D eigenvalue weighted by atomic mass is 10.1. The summed E-state index contributed by atoms with van der Waals surface area (Å²) in [7, 11) is 3.00. The van der Waals surface area contributed by atoms with Gasteiger partial charge in [-0.1, -0.05) is 18.2 Å². The van der Waals surface area contributed by atoms with Crippen molar-refractivity contribution in [3.8, 4) is 0 Å². The number of nitrogens with two attached hydrogens (primary N) is 1. The fourth-order valence-electron chi connectivity index (χ4n) is 1.69. The smallest absolute Gasteiger partial charge is 0.274 e. The van der Waals surface area contributed by atoms with Crippen LogP contribution >= 0.6 is 0 Å². The third kappa shape index (κ3) is 4.01. The van der Waals surface area contributed by atoms with E-state index in [-0.39, 0.29) is 24.7 Å². The SMILES string of the molecule is COCC(N)C(=O)N(C)Cc1ccccc1[N+](=O)[O-]. The Bertz CT molecular complexity index is 464. The van der Waals surface area contributed by atoms with Crippen LogP contribution in [0.3, 0.4) is 0 Å². The van der Waals surface area contributed by atoms with Gasteiger partial charge < -0.3 is 15.4 Å². The van der Waals surface area contributed by atoms with E-state index in [9.17, 15) is 14.9 Å². The van der Waals surface area contributed by atoms with Gasteiger partial charge in [0.1, 0.15) is 6.04 Å². The van der Waals surface area contributed by atoms with Crippen LogP contribution < -0.4 is 5.73 Å². The molecule has 0 aromatic heterocycles. The monoisotopic (exact) mass is 267 g/mol. The second-order valence-corrected chi connectivity index (χ2v) is 4.14. The lowest BCUT2D eigenvalue weighted by molar-refractivity contribution is -0.385. The number of ether oxygens (including phenoxy) is 1. The molecular weight excluding hydrogens is 250 g/mol. The molecule has 0 radical (unpaired) electrons. The number of benzene rings is 1. The van der Waals surface area contributed by atoms with Gasteiger partial charge >= 0.3 is 0 Å². The predicted molar refractivity (Wildman–Crippen MR) is 69.4 cm³/mol. The molecule has 0 saturated carbocycles. The first kappa shape index (κ1) is 15.1. The normalized spacial score (nSPS) is 11.9. The fourth-order valence-corrected chi connectivity index (χ4v) is 1.69. The molecule has 0 fully saturated rings. The van der Waals surface area contributed by atoms with Crippen LogP contribution in [-0.4, -0.2) is 42.5 Å². The average Bonchev–Trinajstić information content (AvgIpc) is 2.38. The van der Waals surface area contributed by atoms with Crippen molar-refractivity contribution in [3.05, 3.63) is 39.9 Å². The fraction of sp³-hybridized carbons (Fsp3) is 0.417. The molecular formula is C12H17N3O4. The Balaban J connectivity index is 2.79. The summed E-state index contributed by atoms with van der Waals surface area (Å²) >= 11 is 0. The van der Waals surface area contributed by atoms with Crippen LogP contribution in [0.15, 0.2) is 24.3 Å². The van der Waals surface area contributed by atoms with Gasteiger partial charge in [-0.25, -0.2) is 0 Å². The zero-order valence-electron chi connectivity index (χ0n) is 10.9. The van der Waals surface area contributed by atoms with Gasteiger partial charge in [-0.3, -0.25) is 14.9 Å². The summed E-state index contributed by atoms with van der Waals surface area (Å²) in [6.07, 6.45) is 0. The highest BCUT2D eigenvalue weighted by Crippen LogP contribution is 2.19. The molecule has 0 heterocycles. The topological polar surface area (TPSA) is 98.7 Å². The van der Waals surface area contributed by atoms with Gasteiger partial charge in [0.25, 0.3) is 5.69 Å². The Labute approximate surface area is 111 Å². The number of nitrogens with zero attached hydrogens (tertiary/aromatic N) is 2. The molecule has 0 aliphatic carbocycles. The number of methoxy groups -OCH3 is 1. The van der Waals surface area contributed by atoms with Crippen molar-refractivity contribution in [2.24, 2.45) is 5.73 Å². The molecule has 2 N–H and O–H groups in total. The van der Waals surface area contributed by atoms with Gasteiger partial charge in [0.05, 0.1) is 18.1 Å². The zero-order chi connectivity index (χ0) is 14.4. The van der Waals surface area contributed by atoms with Crippen molar-refractivity contribution >= 4 is 11.6 Å². The van der Waals surface area contributed by atoms with Crippen LogP contribution in [0.25, 0.3) is 0 Å². The van der Waals surface area contributed by atoms with E-state index in [4.69, 9.17) is 10.5 Å². The summed E-state index contributed by atoms with van der Waals surface area (Å²) in [5.74, 6) is -0.319. The van der Waals surface area contributed by atoms with E-state index < -0.39 is 11.0 Å². The molecule has 1 aromatic carbocycles. The molecule has 1 atom stereocenters. The number of hydrogen-bond acceptors (Lipinski definition) is 5. The lowest BCUT2D eigenvalue weighted by Crippen LogP contribution is -2.44. The summed E-state index contributed by atoms with van der Waals surface area (Å²) in [6, 6.07) is 5.53. The standard InChI is InChI=1S/C12H17N3O4/c1-14(12(16)10(13)8-19-2)7-9-5-3-4-6-11(9)15(17)18/h3-6,10H,7-8,13H2,1-2H3. The van der Waals surface area contributed by atoms with Crippen molar-refractivity contribution in [3.63, 3.8) is 0 Å². The molecule has 1 aromatic rings. The van der Waals surface area contributed by atoms with E-state index >= 15 is 0 Å². The maximum absolute atomic E-state index is 11.9. The number of carbonyl (C=O) groups is 1. The van der Waals surface area contributed by atoms with E-state index in [0.717, 1.165) is 0 Å². The summed E-state index contributed by atoms with van der Waals surface area (Å²) in [5.41, 5.74) is 6.08. The second kappa shape index (κ2) is 6.81. The van der Waals surface area contributed by atoms with Crippen LogP contribution in [0.1, 0.15) is 5.56 Å². The van der Waals surface area contributed by atoms with Crippen molar-refractivity contribution in [2.75, 3.05) is 20.8 Å². The maximum atomic E-state index is 11.9. The number of hydrogen-bond donors (Lipinski definition) is 1. The van der Waals surface area contributed by atoms with Crippen LogP contribution in [0.4, 0.5) is 5.69 Å². The molecule has 1 unspecified atom stereocenters. The number of amides is 1. The molecule has 1 rings (SSSR count). The molecule has 0 saturated heterocycles. The minimum atomic E-state index is -0.766. The largest absolute Gasteiger partial charge is 0.383 e. The molecule has 7 heteroatoms. The number of para-hydroxylation sites is 1. The van der Waals surface area contributed by atoms with Gasteiger partial charge in [0, 0.05) is 25.8 Å². The van der Waals surface area contributed by atoms with Gasteiger partial charge in [0.15, 0.2) is 0 Å². The van der Waals surface area contributed by atoms with Crippen molar-refractivity contribution in [2.45, 2.75) is 12.6 Å². The summed E-state index contributed by atoms with van der Waals surface area (Å²) in [5, 5.41) is 10.9. The highest BCUT2D eigenvalue weighted by atomic mass is 16.6. The number of nitro groups is 1. The van der Waals surface area contributed by atoms with Gasteiger partial charge in [0.2, 0.25) is 5.91 Å². The Morgan fingerprint density at radius 3 is 2.74 bits per heavy atom. The predicted octanol–water partition coefficient (Wildman–Crippen LogP) is 0.527. The highest BCUT2D eigenvalue weighted by molar-refractivity contribution is 5.81. The summed E-state index contributed by atoms with van der Waals surface area (Å²) in [6.45, 7) is 0.244. The van der Waals surface area contributed by atoms with Crippen molar-refractivity contribution < 1.29 is 14.5 Å². The summed E-state index contributed by atoms with van der Waals surface area (Å²) in [4.78, 5) is 23.6. The quantitative estimate of drug-likeness (QED) is 0.598. The van der Waals surface area contributed by atoms with E-state index in [0.29, 0.717) is 5.56 Å². The first-order valence-corrected chi connectivity index (χ1v) is 5.69. The van der Waals surface area contributed by atoms with Gasteiger partial charge in [-0.15, -0.1) is 0 Å². The molecule has 0 aliphatic rings. The molecule has 104 valence electrons. The Morgan fingerprint density at radius 1 is 1.53 bits per heavy atom. The average molecular weight is 267 g/mol. The van der Waals surface area contributed by atoms with E-state index in [1.807, 2.05) is 0 Å². The van der Waals surface area contributed by atoms with Crippen LogP contribution in [0, 0.1) is 10.1 Å². The van der Waals surface area contributed by atoms with Gasteiger partial charge in [-0.05, 0) is 0 Å². The number of rotatable bonds is 6. The molecule has 19 heavy (non-hydrogen) atoms. The van der Waals surface area contributed by atoms with Crippen LogP contribution in [0.5, 0.6) is 0 Å². The lowest BCUT2D eigenvalue weighted by Gasteiger charge is -2.20.